The van der Waals surface area contributed by atoms with E-state index in [-0.39, 0.29) is 62.5 Å². The largest absolute Gasteiger partial charge is 0.456 e. The van der Waals surface area contributed by atoms with Crippen LogP contribution < -0.4 is 20.1 Å². The lowest BCUT2D eigenvalue weighted by molar-refractivity contribution is -0.183. The minimum absolute atomic E-state index is 0.00225. The quantitative estimate of drug-likeness (QED) is 0.0902. The van der Waals surface area contributed by atoms with E-state index in [1.165, 1.54) is 25.0 Å². The van der Waals surface area contributed by atoms with Crippen LogP contribution in [-0.4, -0.2) is 75.1 Å². The molecule has 2 aromatic heterocycles. The Bertz CT molecular complexity index is 1990. The molecule has 4 aromatic rings. The van der Waals surface area contributed by atoms with E-state index in [0.717, 1.165) is 51.1 Å². The number of nitrogen functional groups attached to an aromatic ring is 1. The molecule has 2 unspecified atom stereocenters. The lowest BCUT2D eigenvalue weighted by atomic mass is 9.95. The number of aliphatic hydroxyl groups is 2. The molecule has 8 rings (SSSR count). The van der Waals surface area contributed by atoms with Crippen molar-refractivity contribution in [1.82, 2.24) is 19.9 Å². The van der Waals surface area contributed by atoms with Crippen molar-refractivity contribution in [2.75, 3.05) is 37.0 Å². The number of hydrogen-bond donors (Lipinski definition) is 3. The van der Waals surface area contributed by atoms with E-state index < -0.39 is 41.7 Å². The predicted molar refractivity (Wildman–Crippen MR) is 179 cm³/mol. The van der Waals surface area contributed by atoms with Gasteiger partial charge < -0.3 is 30.3 Å². The van der Waals surface area contributed by atoms with Crippen molar-refractivity contribution in [3.8, 4) is 35.5 Å². The van der Waals surface area contributed by atoms with E-state index >= 15 is 4.39 Å². The number of halogens is 4. The average molecular weight is 695 g/mol. The summed E-state index contributed by atoms with van der Waals surface area (Å²) in [5, 5.41) is 19.2. The van der Waals surface area contributed by atoms with Crippen LogP contribution >= 0.6 is 0 Å². The zero-order chi connectivity index (χ0) is 35.3. The number of pyridine rings is 1. The first-order valence-corrected chi connectivity index (χ1v) is 16.9. The van der Waals surface area contributed by atoms with Gasteiger partial charge in [0.1, 0.15) is 22.8 Å². The summed E-state index contributed by atoms with van der Waals surface area (Å²) in [4.78, 5) is 17.0. The third-order valence-corrected chi connectivity index (χ3v) is 10.1. The molecule has 0 spiro atoms. The summed E-state index contributed by atoms with van der Waals surface area (Å²) < 4.78 is 69.0. The number of nitrogens with two attached hydrogens (primary N) is 1. The van der Waals surface area contributed by atoms with Crippen molar-refractivity contribution in [3.63, 3.8) is 0 Å². The number of rotatable bonds is 8. The van der Waals surface area contributed by atoms with Crippen LogP contribution in [0.3, 0.4) is 0 Å². The van der Waals surface area contributed by atoms with Crippen LogP contribution in [-0.2, 0) is 0 Å². The fourth-order valence-corrected chi connectivity index (χ4v) is 7.56. The molecule has 3 fully saturated rings. The monoisotopic (exact) mass is 694 g/mol. The Labute approximate surface area is 286 Å². The third kappa shape index (κ3) is 6.34. The first-order chi connectivity index (χ1) is 24.0. The van der Waals surface area contributed by atoms with Crippen LogP contribution in [0.25, 0.3) is 32.9 Å². The van der Waals surface area contributed by atoms with Gasteiger partial charge in [-0.25, -0.2) is 22.5 Å². The highest BCUT2D eigenvalue weighted by atomic mass is 19.2. The number of benzene rings is 2. The van der Waals surface area contributed by atoms with Crippen molar-refractivity contribution in [2.45, 2.75) is 77.0 Å². The van der Waals surface area contributed by atoms with Crippen LogP contribution in [0, 0.1) is 35.2 Å². The molecule has 4 aliphatic rings. The summed E-state index contributed by atoms with van der Waals surface area (Å²) in [6.07, 6.45) is 13.5. The van der Waals surface area contributed by atoms with Gasteiger partial charge in [-0.1, -0.05) is 25.7 Å². The number of anilines is 2. The minimum Gasteiger partial charge on any atom is -0.456 e. The fourth-order valence-electron chi connectivity index (χ4n) is 7.56. The molecule has 0 radical (unpaired) electrons. The van der Waals surface area contributed by atoms with Crippen molar-refractivity contribution in [1.29, 1.82) is 0 Å². The highest BCUT2D eigenvalue weighted by Crippen LogP contribution is 2.52. The van der Waals surface area contributed by atoms with Gasteiger partial charge in [0.15, 0.2) is 30.0 Å². The van der Waals surface area contributed by atoms with Gasteiger partial charge in [0, 0.05) is 35.8 Å². The lowest BCUT2D eigenvalue weighted by Gasteiger charge is -2.33. The minimum atomic E-state index is -2.26. The van der Waals surface area contributed by atoms with Crippen LogP contribution in [0.15, 0.2) is 18.2 Å². The topological polar surface area (TPSA) is 130 Å². The number of fused-ring (bicyclic) bond motifs is 2. The molecule has 10 nitrogen and oxygen atoms in total. The number of alkyl halides is 1. The van der Waals surface area contributed by atoms with E-state index in [2.05, 4.69) is 32.7 Å². The number of hydrogen-bond acceptors (Lipinski definition) is 10. The lowest BCUT2D eigenvalue weighted by Crippen LogP contribution is -2.37. The van der Waals surface area contributed by atoms with E-state index in [1.54, 1.807) is 0 Å². The zero-order valence-electron chi connectivity index (χ0n) is 27.6. The molecule has 264 valence electrons. The van der Waals surface area contributed by atoms with Crippen molar-refractivity contribution in [3.05, 3.63) is 41.2 Å². The van der Waals surface area contributed by atoms with Crippen molar-refractivity contribution >= 4 is 33.2 Å². The second-order valence-electron chi connectivity index (χ2n) is 13.6. The number of nitrogens with zero attached hydrogens (tertiary/aromatic N) is 5. The molecule has 4 N–H and O–H groups in total. The molecule has 3 aliphatic heterocycles. The molecule has 2 aromatic carbocycles. The summed E-state index contributed by atoms with van der Waals surface area (Å²) in [5.74, 6) is -1.01. The summed E-state index contributed by atoms with van der Waals surface area (Å²) >= 11 is 0. The van der Waals surface area contributed by atoms with Gasteiger partial charge in [-0.2, -0.15) is 9.97 Å². The second kappa shape index (κ2) is 13.4. The Hall–Kier alpha value is -4.45. The Morgan fingerprint density at radius 2 is 1.94 bits per heavy atom. The number of aliphatic hydroxyl groups excluding tert-OH is 1. The molecule has 50 heavy (non-hydrogen) atoms. The van der Waals surface area contributed by atoms with E-state index in [1.807, 2.05) is 4.90 Å². The van der Waals surface area contributed by atoms with Crippen molar-refractivity contribution < 1.29 is 37.2 Å². The maximum Gasteiger partial charge on any atom is 0.323 e. The van der Waals surface area contributed by atoms with Crippen LogP contribution in [0.1, 0.15) is 63.9 Å². The maximum absolute atomic E-state index is 16.4. The Balaban J connectivity index is 0.000000375. The fraction of sp³-hybridized carbons (Fsp3) is 0.472. The zero-order valence-corrected chi connectivity index (χ0v) is 27.6. The van der Waals surface area contributed by atoms with E-state index in [9.17, 15) is 23.4 Å². The second-order valence-corrected chi connectivity index (χ2v) is 13.6. The van der Waals surface area contributed by atoms with Gasteiger partial charge in [-0.05, 0) is 74.1 Å². The summed E-state index contributed by atoms with van der Waals surface area (Å²) in [6, 6.07) is 3.79. The summed E-state index contributed by atoms with van der Waals surface area (Å²) in [5.41, 5.74) is 5.21. The molecule has 1 aliphatic carbocycles. The van der Waals surface area contributed by atoms with Gasteiger partial charge in [-0.15, -0.1) is 6.42 Å². The molecule has 5 heterocycles. The maximum atomic E-state index is 16.4. The average Bonchev–Trinajstić information content (AvgIpc) is 3.55. The number of unbranched alkanes of at least 4 members (excludes halogenated alkanes) is 1. The molecule has 0 bridgehead atoms. The van der Waals surface area contributed by atoms with Crippen LogP contribution in [0.2, 0.25) is 0 Å². The summed E-state index contributed by atoms with van der Waals surface area (Å²) in [7, 11) is 0. The van der Waals surface area contributed by atoms with E-state index in [4.69, 9.17) is 21.6 Å². The third-order valence-electron chi connectivity index (χ3n) is 10.1. The van der Waals surface area contributed by atoms with Gasteiger partial charge in [0.25, 0.3) is 0 Å². The van der Waals surface area contributed by atoms with Crippen molar-refractivity contribution in [2.24, 2.45) is 5.41 Å². The van der Waals surface area contributed by atoms with Gasteiger partial charge in [0.2, 0.25) is 5.88 Å². The van der Waals surface area contributed by atoms with Gasteiger partial charge in [0.05, 0.1) is 5.56 Å². The first kappa shape index (κ1) is 34.0. The highest BCUT2D eigenvalue weighted by Gasteiger charge is 2.45. The molecule has 14 heteroatoms. The molecular weight excluding hydrogens is 656 g/mol. The van der Waals surface area contributed by atoms with Crippen LogP contribution in [0.5, 0.6) is 11.9 Å². The number of ether oxygens (including phenoxy) is 2. The predicted octanol–water partition coefficient (Wildman–Crippen LogP) is 5.79. The van der Waals surface area contributed by atoms with Gasteiger partial charge >= 0.3 is 12.5 Å². The number of aromatic nitrogens is 3. The molecule has 1 saturated carbocycles. The smallest absolute Gasteiger partial charge is 0.323 e. The van der Waals surface area contributed by atoms with Gasteiger partial charge in [-0.3, -0.25) is 4.90 Å². The number of terminal acetylenes is 1. The van der Waals surface area contributed by atoms with Crippen LogP contribution in [0.4, 0.5) is 29.1 Å². The standard InChI is InChI=1S/C29H26F3N5O4.C7H12FN/c1-3-5-6-29(7-8-29)12-37-13-40-26-20-24(35-27(36-25(20)37)41-28(38)39)22(32)23(34-26)17-11-15(33)9-14-10-18(30)21(31)16(4-2)19(14)17;8-6-4-7-2-1-3-9(7)5-6/h2,9-11,28,38-39H,3,5-8,12-13,33H2,1H3;6-7H,1-5H2. The molecule has 0 amide bonds. The SMILES string of the molecule is C#Cc1c(F)c(F)cc2cc(N)cc(-c3nc4c5c(nc(OC(O)O)nc5c3F)N(CC3(CCCC)CC3)CO4)c12.FC1CC2CCCN2C1. The normalized spacial score (nSPS) is 20.4. The molecular formula is C36H38F4N6O4. The van der Waals surface area contributed by atoms with E-state index in [0.29, 0.717) is 19.1 Å². The Morgan fingerprint density at radius 3 is 2.64 bits per heavy atom. The summed E-state index contributed by atoms with van der Waals surface area (Å²) in [6.45, 7) is 2.33. The molecule has 2 saturated heterocycles. The first-order valence-electron chi connectivity index (χ1n) is 16.9. The highest BCUT2D eigenvalue weighted by molar-refractivity contribution is 6.05. The Morgan fingerprint density at radius 1 is 1.14 bits per heavy atom. The Kier molecular flexibility index (Phi) is 9.08. The molecule has 2 atom stereocenters.